The molecule has 0 bridgehead atoms. The number of nitrogens with one attached hydrogen (secondary N) is 3. The number of urea groups is 1. The third-order valence-corrected chi connectivity index (χ3v) is 5.77. The first kappa shape index (κ1) is 22.1. The Hall–Kier alpha value is -4.08. The van der Waals surface area contributed by atoms with Gasteiger partial charge in [0.1, 0.15) is 17.5 Å². The molecule has 2 aliphatic heterocycles. The van der Waals surface area contributed by atoms with Crippen LogP contribution in [0.3, 0.4) is 0 Å². The number of methoxy groups -OCH3 is 1. The van der Waals surface area contributed by atoms with Crippen molar-refractivity contribution in [2.45, 2.75) is 38.5 Å². The van der Waals surface area contributed by atoms with E-state index in [0.29, 0.717) is 23.3 Å². The number of hydrogen-bond acceptors (Lipinski definition) is 6. The van der Waals surface area contributed by atoms with E-state index < -0.39 is 18.0 Å². The fourth-order valence-corrected chi connectivity index (χ4v) is 3.99. The topological polar surface area (TPSA) is 137 Å². The lowest BCUT2D eigenvalue weighted by Gasteiger charge is -2.29. The molecule has 0 spiro atoms. The third-order valence-electron chi connectivity index (χ3n) is 5.77. The summed E-state index contributed by atoms with van der Waals surface area (Å²) in [7, 11) is 1.52. The predicted molar refractivity (Wildman–Crippen MR) is 116 cm³/mol. The Kier molecular flexibility index (Phi) is 6.16. The van der Waals surface area contributed by atoms with E-state index in [0.717, 1.165) is 11.1 Å². The van der Waals surface area contributed by atoms with E-state index in [4.69, 9.17) is 4.74 Å². The Morgan fingerprint density at radius 3 is 2.70 bits per heavy atom. The summed E-state index contributed by atoms with van der Waals surface area (Å²) in [6, 6.07) is 8.94. The number of phenols is 1. The molecule has 1 unspecified atom stereocenters. The fraction of sp³-hybridized carbons (Fsp3) is 0.304. The molecular weight excluding hydrogens is 428 g/mol. The second-order valence-electron chi connectivity index (χ2n) is 7.92. The third kappa shape index (κ3) is 4.74. The van der Waals surface area contributed by atoms with Crippen LogP contribution in [-0.4, -0.2) is 46.9 Å². The van der Waals surface area contributed by atoms with Crippen LogP contribution in [-0.2, 0) is 29.2 Å². The number of hydrogen-bond donors (Lipinski definition) is 4. The number of aromatic hydroxyl groups is 1. The highest BCUT2D eigenvalue weighted by atomic mass is 16.5. The van der Waals surface area contributed by atoms with Crippen LogP contribution in [0.4, 0.5) is 4.79 Å². The monoisotopic (exact) mass is 452 g/mol. The fourth-order valence-electron chi connectivity index (χ4n) is 3.99. The number of amides is 5. The van der Waals surface area contributed by atoms with E-state index in [9.17, 15) is 24.3 Å². The van der Waals surface area contributed by atoms with Crippen LogP contribution in [0.2, 0.25) is 0 Å². The van der Waals surface area contributed by atoms with Gasteiger partial charge in [0.25, 0.3) is 5.91 Å². The van der Waals surface area contributed by atoms with Gasteiger partial charge in [-0.05, 0) is 41.8 Å². The van der Waals surface area contributed by atoms with Gasteiger partial charge in [0, 0.05) is 37.2 Å². The zero-order valence-electron chi connectivity index (χ0n) is 18.0. The normalized spacial score (nSPS) is 17.4. The van der Waals surface area contributed by atoms with E-state index in [-0.39, 0.29) is 43.6 Å². The average molecular weight is 452 g/mol. The first-order valence-electron chi connectivity index (χ1n) is 10.5. The molecule has 0 aromatic heterocycles. The van der Waals surface area contributed by atoms with Gasteiger partial charge in [-0.25, -0.2) is 4.79 Å². The van der Waals surface area contributed by atoms with Crippen LogP contribution >= 0.6 is 0 Å². The van der Waals surface area contributed by atoms with Gasteiger partial charge in [-0.3, -0.25) is 19.7 Å². The van der Waals surface area contributed by atoms with Gasteiger partial charge in [-0.1, -0.05) is 12.1 Å². The molecule has 4 N–H and O–H groups in total. The lowest BCUT2D eigenvalue weighted by atomic mass is 10.0. The lowest BCUT2D eigenvalue weighted by Crippen LogP contribution is -2.52. The molecule has 2 aliphatic rings. The summed E-state index contributed by atoms with van der Waals surface area (Å²) >= 11 is 0. The summed E-state index contributed by atoms with van der Waals surface area (Å²) in [6.45, 7) is 0.625. The van der Waals surface area contributed by atoms with Crippen molar-refractivity contribution in [2.75, 3.05) is 7.11 Å². The van der Waals surface area contributed by atoms with Gasteiger partial charge in [0.15, 0.2) is 0 Å². The smallest absolute Gasteiger partial charge is 0.315 e. The highest BCUT2D eigenvalue weighted by molar-refractivity contribution is 6.05. The summed E-state index contributed by atoms with van der Waals surface area (Å²) in [4.78, 5) is 50.0. The predicted octanol–water partition coefficient (Wildman–Crippen LogP) is 1.16. The highest BCUT2D eigenvalue weighted by Crippen LogP contribution is 2.28. The SMILES string of the molecule is COc1ccc(O)c(CNC(=O)NCc2ccc3c(c2)CN(C2CCC(=O)NC2=O)C3=O)c1. The maximum Gasteiger partial charge on any atom is 0.315 e. The number of rotatable bonds is 6. The van der Waals surface area contributed by atoms with Crippen molar-refractivity contribution in [3.05, 3.63) is 58.7 Å². The highest BCUT2D eigenvalue weighted by Gasteiger charge is 2.39. The number of ether oxygens (including phenoxy) is 1. The number of carbonyl (C=O) groups is 4. The second-order valence-corrected chi connectivity index (χ2v) is 7.92. The molecule has 0 radical (unpaired) electrons. The molecule has 1 atom stereocenters. The summed E-state index contributed by atoms with van der Waals surface area (Å²) in [5, 5.41) is 17.6. The molecule has 5 amide bonds. The summed E-state index contributed by atoms with van der Waals surface area (Å²) in [5.41, 5.74) is 2.60. The standard InChI is InChI=1S/C23H24N4O6/c1-33-16-3-6-19(28)14(9-16)11-25-23(32)24-10-13-2-4-17-15(8-13)12-27(22(17)31)18-5-7-20(29)26-21(18)30/h2-4,6,8-9,18,28H,5,7,10-12H2,1H3,(H2,24,25,32)(H,26,29,30). The van der Waals surface area contributed by atoms with Crippen LogP contribution < -0.4 is 20.7 Å². The molecule has 0 aliphatic carbocycles. The van der Waals surface area contributed by atoms with Gasteiger partial charge >= 0.3 is 6.03 Å². The van der Waals surface area contributed by atoms with Crippen LogP contribution in [0.5, 0.6) is 11.5 Å². The first-order chi connectivity index (χ1) is 15.9. The zero-order valence-corrected chi connectivity index (χ0v) is 18.0. The molecule has 172 valence electrons. The number of fused-ring (bicyclic) bond motifs is 1. The van der Waals surface area contributed by atoms with E-state index >= 15 is 0 Å². The van der Waals surface area contributed by atoms with Gasteiger partial charge in [0.2, 0.25) is 11.8 Å². The molecule has 10 heteroatoms. The van der Waals surface area contributed by atoms with Crippen molar-refractivity contribution in [3.63, 3.8) is 0 Å². The van der Waals surface area contributed by atoms with Crippen molar-refractivity contribution in [1.29, 1.82) is 0 Å². The first-order valence-corrected chi connectivity index (χ1v) is 10.5. The van der Waals surface area contributed by atoms with Gasteiger partial charge in [-0.15, -0.1) is 0 Å². The summed E-state index contributed by atoms with van der Waals surface area (Å²) in [6.07, 6.45) is 0.510. The van der Waals surface area contributed by atoms with Crippen molar-refractivity contribution in [3.8, 4) is 11.5 Å². The molecule has 10 nitrogen and oxygen atoms in total. The zero-order chi connectivity index (χ0) is 23.5. The number of imide groups is 1. The Morgan fingerprint density at radius 1 is 1.15 bits per heavy atom. The Morgan fingerprint density at radius 2 is 1.94 bits per heavy atom. The maximum absolute atomic E-state index is 12.7. The van der Waals surface area contributed by atoms with Crippen molar-refractivity contribution in [2.24, 2.45) is 0 Å². The molecule has 2 aromatic carbocycles. The van der Waals surface area contributed by atoms with E-state index in [1.165, 1.54) is 18.1 Å². The lowest BCUT2D eigenvalue weighted by molar-refractivity contribution is -0.136. The van der Waals surface area contributed by atoms with Crippen LogP contribution in [0.1, 0.15) is 39.9 Å². The van der Waals surface area contributed by atoms with E-state index in [1.54, 1.807) is 24.3 Å². The minimum absolute atomic E-state index is 0.0555. The van der Waals surface area contributed by atoms with E-state index in [1.807, 2.05) is 6.07 Å². The number of carbonyl (C=O) groups excluding carboxylic acids is 4. The van der Waals surface area contributed by atoms with Crippen molar-refractivity contribution < 1.29 is 29.0 Å². The Bertz CT molecular complexity index is 1130. The molecule has 33 heavy (non-hydrogen) atoms. The molecule has 4 rings (SSSR count). The molecule has 0 saturated carbocycles. The largest absolute Gasteiger partial charge is 0.508 e. The van der Waals surface area contributed by atoms with Gasteiger partial charge in [0.05, 0.1) is 7.11 Å². The van der Waals surface area contributed by atoms with Gasteiger partial charge < -0.3 is 25.4 Å². The van der Waals surface area contributed by atoms with E-state index in [2.05, 4.69) is 16.0 Å². The molecule has 2 aromatic rings. The average Bonchev–Trinajstić information content (AvgIpc) is 3.12. The van der Waals surface area contributed by atoms with Crippen molar-refractivity contribution in [1.82, 2.24) is 20.9 Å². The van der Waals surface area contributed by atoms with Crippen LogP contribution in [0.25, 0.3) is 0 Å². The Labute approximate surface area is 189 Å². The number of piperidine rings is 1. The summed E-state index contributed by atoms with van der Waals surface area (Å²) < 4.78 is 5.12. The van der Waals surface area contributed by atoms with Crippen molar-refractivity contribution >= 4 is 23.8 Å². The number of nitrogens with zero attached hydrogens (tertiary/aromatic N) is 1. The van der Waals surface area contributed by atoms with Gasteiger partial charge in [-0.2, -0.15) is 0 Å². The maximum atomic E-state index is 12.7. The Balaban J connectivity index is 1.33. The second kappa shape index (κ2) is 9.19. The number of benzene rings is 2. The number of phenolic OH excluding ortho intramolecular Hbond substituents is 1. The summed E-state index contributed by atoms with van der Waals surface area (Å²) in [5.74, 6) is -0.388. The molecule has 1 saturated heterocycles. The molecule has 2 heterocycles. The van der Waals surface area contributed by atoms with Crippen LogP contribution in [0, 0.1) is 0 Å². The van der Waals surface area contributed by atoms with Crippen LogP contribution in [0.15, 0.2) is 36.4 Å². The molecular formula is C23H24N4O6. The minimum atomic E-state index is -0.664. The quantitative estimate of drug-likeness (QED) is 0.486. The minimum Gasteiger partial charge on any atom is -0.508 e. The molecule has 1 fully saturated rings.